The van der Waals surface area contributed by atoms with E-state index in [4.69, 9.17) is 9.47 Å². The number of rotatable bonds is 3. The fraction of sp³-hybridized carbons (Fsp3) is 0.484. The van der Waals surface area contributed by atoms with Crippen LogP contribution in [-0.4, -0.2) is 39.3 Å². The third kappa shape index (κ3) is 4.28. The molecule has 39 heavy (non-hydrogen) atoms. The minimum absolute atomic E-state index is 0.0855. The summed E-state index contributed by atoms with van der Waals surface area (Å²) in [6.07, 6.45) is 5.07. The summed E-state index contributed by atoms with van der Waals surface area (Å²) in [5.74, 6) is -2.01. The van der Waals surface area contributed by atoms with Crippen LogP contribution in [0, 0.1) is 17.0 Å². The third-order valence-electron chi connectivity index (χ3n) is 8.24. The highest BCUT2D eigenvalue weighted by Crippen LogP contribution is 2.48. The van der Waals surface area contributed by atoms with Gasteiger partial charge in [0.1, 0.15) is 0 Å². The Hall–Kier alpha value is -3.10. The maximum Gasteiger partial charge on any atom is 0.252 e. The second kappa shape index (κ2) is 9.24. The average Bonchev–Trinajstić information content (AvgIpc) is 3.60. The van der Waals surface area contributed by atoms with Gasteiger partial charge in [0.2, 0.25) is 0 Å². The van der Waals surface area contributed by atoms with E-state index in [9.17, 15) is 13.6 Å². The number of halogens is 2. The monoisotopic (exact) mass is 535 g/mol. The van der Waals surface area contributed by atoms with Gasteiger partial charge < -0.3 is 14.0 Å². The first-order valence-electron chi connectivity index (χ1n) is 13.8. The van der Waals surface area contributed by atoms with Crippen LogP contribution in [0.3, 0.4) is 0 Å². The molecule has 0 amide bonds. The molecule has 1 aliphatic carbocycles. The number of nitrogens with zero attached hydrogens (tertiary/aromatic N) is 3. The van der Waals surface area contributed by atoms with Crippen molar-refractivity contribution < 1.29 is 23.0 Å². The molecule has 3 heterocycles. The zero-order valence-corrected chi connectivity index (χ0v) is 23.2. The zero-order valence-electron chi connectivity index (χ0n) is 23.2. The molecule has 2 aromatic carbocycles. The number of benzene rings is 2. The lowest BCUT2D eigenvalue weighted by molar-refractivity contribution is -0.178. The van der Waals surface area contributed by atoms with E-state index in [1.807, 2.05) is 26.8 Å². The van der Waals surface area contributed by atoms with Gasteiger partial charge in [0.15, 0.2) is 17.4 Å². The Morgan fingerprint density at radius 2 is 1.72 bits per heavy atom. The van der Waals surface area contributed by atoms with Crippen LogP contribution >= 0.6 is 0 Å². The molecule has 6 nitrogen and oxygen atoms in total. The normalized spacial score (nSPS) is 18.3. The van der Waals surface area contributed by atoms with E-state index in [1.165, 1.54) is 22.4 Å². The van der Waals surface area contributed by atoms with Gasteiger partial charge in [-0.2, -0.15) is 9.78 Å². The predicted octanol–water partition coefficient (Wildman–Crippen LogP) is 7.47. The lowest BCUT2D eigenvalue weighted by Gasteiger charge is -2.36. The molecule has 2 aromatic heterocycles. The Labute approximate surface area is 226 Å². The molecule has 2 aliphatic rings. The molecule has 0 radical (unpaired) electrons. The van der Waals surface area contributed by atoms with Crippen LogP contribution in [0.4, 0.5) is 8.78 Å². The molecule has 0 N–H and O–H groups in total. The van der Waals surface area contributed by atoms with Crippen LogP contribution in [0.2, 0.25) is 0 Å². The molecular formula is C31H35F2N3O3. The zero-order chi connectivity index (χ0) is 27.7. The summed E-state index contributed by atoms with van der Waals surface area (Å²) in [4.78, 5) is 13.3. The van der Waals surface area contributed by atoms with Crippen LogP contribution in [0.25, 0.3) is 27.5 Å². The highest BCUT2D eigenvalue weighted by atomic mass is 19.2. The number of hydrogen-bond donors (Lipinski definition) is 0. The highest BCUT2D eigenvalue weighted by molar-refractivity contribution is 6.02. The maximum absolute atomic E-state index is 14.5. The number of carbonyl (C=O) groups excluding carboxylic acids is 1. The summed E-state index contributed by atoms with van der Waals surface area (Å²) < 4.78 is 44.0. The molecule has 1 spiro atoms. The Balaban J connectivity index is 1.61. The molecule has 2 fully saturated rings. The quantitative estimate of drug-likeness (QED) is 0.273. The molecule has 0 unspecified atom stereocenters. The number of ether oxygens (including phenoxy) is 2. The second-order valence-corrected chi connectivity index (χ2v) is 12.3. The van der Waals surface area contributed by atoms with Crippen LogP contribution < -0.4 is 0 Å². The topological polar surface area (TPSA) is 58.3 Å². The van der Waals surface area contributed by atoms with E-state index >= 15 is 0 Å². The van der Waals surface area contributed by atoms with E-state index in [0.717, 1.165) is 53.2 Å². The fourth-order valence-corrected chi connectivity index (χ4v) is 6.36. The molecule has 1 saturated carbocycles. The summed E-state index contributed by atoms with van der Waals surface area (Å²) in [5, 5.41) is 6.28. The van der Waals surface area contributed by atoms with Crippen molar-refractivity contribution in [1.29, 1.82) is 0 Å². The van der Waals surface area contributed by atoms with Crippen molar-refractivity contribution in [3.05, 3.63) is 59.4 Å². The molecule has 6 rings (SSSR count). The lowest BCUT2D eigenvalue weighted by Crippen LogP contribution is -2.34. The van der Waals surface area contributed by atoms with Crippen LogP contribution in [0.1, 0.15) is 88.2 Å². The molecular weight excluding hydrogens is 500 g/mol. The highest BCUT2D eigenvalue weighted by Gasteiger charge is 2.42. The maximum atomic E-state index is 14.5. The van der Waals surface area contributed by atoms with Crippen LogP contribution in [0.5, 0.6) is 0 Å². The molecule has 206 valence electrons. The van der Waals surface area contributed by atoms with Gasteiger partial charge in [-0.15, -0.1) is 0 Å². The van der Waals surface area contributed by atoms with Crippen molar-refractivity contribution in [1.82, 2.24) is 14.3 Å². The van der Waals surface area contributed by atoms with E-state index in [0.29, 0.717) is 18.9 Å². The first-order chi connectivity index (χ1) is 18.5. The van der Waals surface area contributed by atoms with Gasteiger partial charge in [0, 0.05) is 46.5 Å². The lowest BCUT2D eigenvalue weighted by atomic mass is 9.78. The van der Waals surface area contributed by atoms with Crippen molar-refractivity contribution in [2.24, 2.45) is 5.41 Å². The van der Waals surface area contributed by atoms with Crippen molar-refractivity contribution in [2.75, 3.05) is 13.2 Å². The van der Waals surface area contributed by atoms with E-state index < -0.39 is 22.8 Å². The van der Waals surface area contributed by atoms with Crippen molar-refractivity contribution in [3.8, 4) is 5.69 Å². The second-order valence-electron chi connectivity index (χ2n) is 12.3. The van der Waals surface area contributed by atoms with Gasteiger partial charge in [-0.1, -0.05) is 34.6 Å². The third-order valence-corrected chi connectivity index (χ3v) is 8.24. The van der Waals surface area contributed by atoms with Crippen LogP contribution in [0.15, 0.2) is 36.5 Å². The molecule has 1 aliphatic heterocycles. The van der Waals surface area contributed by atoms with Crippen molar-refractivity contribution in [2.45, 2.75) is 77.9 Å². The first-order valence-corrected chi connectivity index (χ1v) is 13.8. The number of fused-ring (bicyclic) bond motifs is 2. The summed E-state index contributed by atoms with van der Waals surface area (Å²) >= 11 is 0. The predicted molar refractivity (Wildman–Crippen MR) is 146 cm³/mol. The fourth-order valence-electron chi connectivity index (χ4n) is 6.36. The van der Waals surface area contributed by atoms with E-state index in [2.05, 4.69) is 29.6 Å². The van der Waals surface area contributed by atoms with E-state index in [-0.39, 0.29) is 17.7 Å². The average molecular weight is 536 g/mol. The minimum atomic E-state index is -0.884. The molecule has 1 saturated heterocycles. The Kier molecular flexibility index (Phi) is 6.19. The standard InChI is InChI=1S/C31H35F2N3O3/c1-18(2)28-27(19-8-10-31(11-9-19)38-12-13-39-31)22-16-25-20(17-34-36(25)29(37)30(3,4)5)14-26(22)35(28)21-6-7-23(32)24(33)15-21/h6-7,14-19H,8-13H2,1-5H3. The Bertz CT molecular complexity index is 1580. The molecule has 0 bridgehead atoms. The van der Waals surface area contributed by atoms with Crippen molar-refractivity contribution in [3.63, 3.8) is 0 Å². The van der Waals surface area contributed by atoms with E-state index in [1.54, 1.807) is 12.3 Å². The van der Waals surface area contributed by atoms with Gasteiger partial charge in [0.05, 0.1) is 30.4 Å². The van der Waals surface area contributed by atoms with Gasteiger partial charge in [0.25, 0.3) is 5.91 Å². The van der Waals surface area contributed by atoms with Crippen molar-refractivity contribution >= 4 is 27.7 Å². The Morgan fingerprint density at radius 3 is 2.33 bits per heavy atom. The summed E-state index contributed by atoms with van der Waals surface area (Å²) in [6.45, 7) is 11.2. The SMILES string of the molecule is CC(C)c1c(C2CCC3(CC2)OCCO3)c2cc3c(cnn3C(=O)C(C)(C)C)cc2n1-c1ccc(F)c(F)c1. The smallest absolute Gasteiger partial charge is 0.252 e. The summed E-state index contributed by atoms with van der Waals surface area (Å²) in [6, 6.07) is 8.15. The number of hydrogen-bond acceptors (Lipinski definition) is 4. The first kappa shape index (κ1) is 26.1. The number of carbonyl (C=O) groups is 1. The summed E-state index contributed by atoms with van der Waals surface area (Å²) in [5.41, 5.74) is 3.87. The Morgan fingerprint density at radius 1 is 1.03 bits per heavy atom. The van der Waals surface area contributed by atoms with Gasteiger partial charge in [-0.25, -0.2) is 8.78 Å². The van der Waals surface area contributed by atoms with Gasteiger partial charge in [-0.05, 0) is 54.5 Å². The molecule has 0 atom stereocenters. The van der Waals surface area contributed by atoms with Gasteiger partial charge >= 0.3 is 0 Å². The largest absolute Gasteiger partial charge is 0.348 e. The minimum Gasteiger partial charge on any atom is -0.348 e. The molecule has 4 aromatic rings. The van der Waals surface area contributed by atoms with Gasteiger partial charge in [-0.3, -0.25) is 4.79 Å². The number of aromatic nitrogens is 3. The summed E-state index contributed by atoms with van der Waals surface area (Å²) in [7, 11) is 0. The van der Waals surface area contributed by atoms with Crippen LogP contribution in [-0.2, 0) is 9.47 Å². The molecule has 8 heteroatoms.